The minimum atomic E-state index is -4.27. The van der Waals surface area contributed by atoms with E-state index in [4.69, 9.17) is 4.74 Å². The van der Waals surface area contributed by atoms with Gasteiger partial charge in [0.1, 0.15) is 0 Å². The first-order valence-corrected chi connectivity index (χ1v) is 6.85. The highest BCUT2D eigenvalue weighted by Crippen LogP contribution is 2.29. The molecular weight excluding hydrogens is 267 g/mol. The maximum atomic E-state index is 12.5. The Balaban J connectivity index is 2.62. The Morgan fingerprint density at radius 2 is 1.85 bits per heavy atom. The molecular formula is C15H22F3NO. The molecule has 0 amide bonds. The third-order valence-electron chi connectivity index (χ3n) is 3.12. The van der Waals surface area contributed by atoms with E-state index in [2.05, 4.69) is 12.2 Å². The molecule has 1 aromatic carbocycles. The van der Waals surface area contributed by atoms with Gasteiger partial charge in [-0.15, -0.1) is 0 Å². The van der Waals surface area contributed by atoms with Crippen LogP contribution in [0.5, 0.6) is 0 Å². The summed E-state index contributed by atoms with van der Waals surface area (Å²) >= 11 is 0. The van der Waals surface area contributed by atoms with Gasteiger partial charge in [0, 0.05) is 19.8 Å². The van der Waals surface area contributed by atoms with Crippen LogP contribution in [0.25, 0.3) is 0 Å². The average molecular weight is 289 g/mol. The molecule has 20 heavy (non-hydrogen) atoms. The van der Waals surface area contributed by atoms with Crippen molar-refractivity contribution in [3.8, 4) is 0 Å². The second kappa shape index (κ2) is 8.27. The molecule has 114 valence electrons. The van der Waals surface area contributed by atoms with Crippen molar-refractivity contribution in [2.45, 2.75) is 38.4 Å². The van der Waals surface area contributed by atoms with Gasteiger partial charge in [-0.2, -0.15) is 13.2 Å². The van der Waals surface area contributed by atoms with Gasteiger partial charge in [0.25, 0.3) is 0 Å². The predicted octanol–water partition coefficient (Wildman–Crippen LogP) is 3.65. The van der Waals surface area contributed by atoms with Gasteiger partial charge in [-0.1, -0.05) is 19.1 Å². The maximum Gasteiger partial charge on any atom is 0.416 e. The van der Waals surface area contributed by atoms with E-state index in [0.29, 0.717) is 13.0 Å². The summed E-state index contributed by atoms with van der Waals surface area (Å²) in [6, 6.07) is 5.61. The minimum absolute atomic E-state index is 0.228. The Morgan fingerprint density at radius 1 is 1.20 bits per heavy atom. The van der Waals surface area contributed by atoms with Gasteiger partial charge in [-0.3, -0.25) is 0 Å². The van der Waals surface area contributed by atoms with E-state index in [-0.39, 0.29) is 6.04 Å². The van der Waals surface area contributed by atoms with Crippen molar-refractivity contribution in [1.29, 1.82) is 0 Å². The van der Waals surface area contributed by atoms with Crippen molar-refractivity contribution in [1.82, 2.24) is 5.32 Å². The lowest BCUT2D eigenvalue weighted by Gasteiger charge is -2.18. The molecule has 0 aliphatic rings. The molecule has 0 spiro atoms. The standard InChI is InChI=1S/C15H22F3NO/c1-3-9-19-14(8-10-20-2)11-12-4-6-13(7-5-12)15(16,17)18/h4-7,14,19H,3,8-11H2,1-2H3. The van der Waals surface area contributed by atoms with Crippen molar-refractivity contribution >= 4 is 0 Å². The third kappa shape index (κ3) is 5.92. The van der Waals surface area contributed by atoms with Crippen LogP contribution in [0, 0.1) is 0 Å². The number of benzene rings is 1. The lowest BCUT2D eigenvalue weighted by atomic mass is 10.0. The summed E-state index contributed by atoms with van der Waals surface area (Å²) in [4.78, 5) is 0. The molecule has 1 aromatic rings. The molecule has 1 unspecified atom stereocenters. The number of methoxy groups -OCH3 is 1. The van der Waals surface area contributed by atoms with E-state index < -0.39 is 11.7 Å². The molecule has 0 bridgehead atoms. The molecule has 0 aromatic heterocycles. The zero-order chi connectivity index (χ0) is 15.0. The van der Waals surface area contributed by atoms with Crippen molar-refractivity contribution in [3.63, 3.8) is 0 Å². The van der Waals surface area contributed by atoms with Crippen LogP contribution in [0.3, 0.4) is 0 Å². The van der Waals surface area contributed by atoms with Crippen molar-refractivity contribution < 1.29 is 17.9 Å². The maximum absolute atomic E-state index is 12.5. The normalized spacial score (nSPS) is 13.4. The van der Waals surface area contributed by atoms with E-state index in [1.165, 1.54) is 0 Å². The topological polar surface area (TPSA) is 21.3 Å². The highest BCUT2D eigenvalue weighted by molar-refractivity contribution is 5.25. The molecule has 0 saturated heterocycles. The Kier molecular flexibility index (Phi) is 7.02. The first kappa shape index (κ1) is 17.0. The summed E-state index contributed by atoms with van der Waals surface area (Å²) in [5.74, 6) is 0. The lowest BCUT2D eigenvalue weighted by Crippen LogP contribution is -2.32. The Hall–Kier alpha value is -1.07. The van der Waals surface area contributed by atoms with Gasteiger partial charge in [0.05, 0.1) is 5.56 Å². The quantitative estimate of drug-likeness (QED) is 0.788. The summed E-state index contributed by atoms with van der Waals surface area (Å²) in [7, 11) is 1.65. The van der Waals surface area contributed by atoms with Crippen LogP contribution in [0.2, 0.25) is 0 Å². The second-order valence-corrected chi connectivity index (χ2v) is 4.83. The van der Waals surface area contributed by atoms with Gasteiger partial charge >= 0.3 is 6.18 Å². The first-order chi connectivity index (χ1) is 9.47. The third-order valence-corrected chi connectivity index (χ3v) is 3.12. The number of hydrogen-bond donors (Lipinski definition) is 1. The first-order valence-electron chi connectivity index (χ1n) is 6.85. The van der Waals surface area contributed by atoms with Gasteiger partial charge in [-0.05, 0) is 43.5 Å². The second-order valence-electron chi connectivity index (χ2n) is 4.83. The largest absolute Gasteiger partial charge is 0.416 e. The number of rotatable bonds is 8. The van der Waals surface area contributed by atoms with Gasteiger partial charge in [-0.25, -0.2) is 0 Å². The smallest absolute Gasteiger partial charge is 0.385 e. The van der Waals surface area contributed by atoms with E-state index >= 15 is 0 Å². The Morgan fingerprint density at radius 3 is 2.35 bits per heavy atom. The Labute approximate surface area is 118 Å². The van der Waals surface area contributed by atoms with Crippen LogP contribution in [0.15, 0.2) is 24.3 Å². The molecule has 1 N–H and O–H groups in total. The van der Waals surface area contributed by atoms with E-state index in [9.17, 15) is 13.2 Å². The highest BCUT2D eigenvalue weighted by Gasteiger charge is 2.29. The summed E-state index contributed by atoms with van der Waals surface area (Å²) < 4.78 is 42.5. The van der Waals surface area contributed by atoms with Crippen LogP contribution in [-0.2, 0) is 17.3 Å². The fourth-order valence-corrected chi connectivity index (χ4v) is 2.00. The SMILES string of the molecule is CCCNC(CCOC)Cc1ccc(C(F)(F)F)cc1. The highest BCUT2D eigenvalue weighted by atomic mass is 19.4. The molecule has 0 heterocycles. The van der Waals surface area contributed by atoms with Crippen molar-refractivity contribution in [2.24, 2.45) is 0 Å². The van der Waals surface area contributed by atoms with E-state index in [1.54, 1.807) is 19.2 Å². The minimum Gasteiger partial charge on any atom is -0.385 e. The molecule has 0 fully saturated rings. The van der Waals surface area contributed by atoms with Gasteiger partial charge in [0.15, 0.2) is 0 Å². The summed E-state index contributed by atoms with van der Waals surface area (Å²) in [6.07, 6.45) is -1.69. The van der Waals surface area contributed by atoms with Gasteiger partial charge < -0.3 is 10.1 Å². The zero-order valence-corrected chi connectivity index (χ0v) is 12.0. The number of alkyl halides is 3. The molecule has 1 atom stereocenters. The lowest BCUT2D eigenvalue weighted by molar-refractivity contribution is -0.137. The fourth-order valence-electron chi connectivity index (χ4n) is 2.00. The van der Waals surface area contributed by atoms with Crippen LogP contribution in [-0.4, -0.2) is 26.3 Å². The fraction of sp³-hybridized carbons (Fsp3) is 0.600. The predicted molar refractivity (Wildman–Crippen MR) is 73.7 cm³/mol. The van der Waals surface area contributed by atoms with E-state index in [0.717, 1.165) is 37.1 Å². The molecule has 1 rings (SSSR count). The number of ether oxygens (including phenoxy) is 1. The van der Waals surface area contributed by atoms with E-state index in [1.807, 2.05) is 0 Å². The summed E-state index contributed by atoms with van der Waals surface area (Å²) in [5.41, 5.74) is 0.305. The summed E-state index contributed by atoms with van der Waals surface area (Å²) in [6.45, 7) is 3.62. The van der Waals surface area contributed by atoms with Crippen LogP contribution < -0.4 is 5.32 Å². The number of halogens is 3. The van der Waals surface area contributed by atoms with Crippen molar-refractivity contribution in [2.75, 3.05) is 20.3 Å². The monoisotopic (exact) mass is 289 g/mol. The molecule has 0 radical (unpaired) electrons. The molecule has 0 aliphatic carbocycles. The summed E-state index contributed by atoms with van der Waals surface area (Å²) in [5, 5.41) is 3.40. The molecule has 0 saturated carbocycles. The van der Waals surface area contributed by atoms with Crippen LogP contribution in [0.1, 0.15) is 30.9 Å². The average Bonchev–Trinajstić information content (AvgIpc) is 2.41. The van der Waals surface area contributed by atoms with Crippen molar-refractivity contribution in [3.05, 3.63) is 35.4 Å². The molecule has 2 nitrogen and oxygen atoms in total. The number of hydrogen-bond acceptors (Lipinski definition) is 2. The Bertz CT molecular complexity index is 368. The van der Waals surface area contributed by atoms with Gasteiger partial charge in [0.2, 0.25) is 0 Å². The van der Waals surface area contributed by atoms with Crippen LogP contribution in [0.4, 0.5) is 13.2 Å². The number of nitrogens with one attached hydrogen (secondary N) is 1. The zero-order valence-electron chi connectivity index (χ0n) is 12.0. The molecule has 0 aliphatic heterocycles. The molecule has 5 heteroatoms. The van der Waals surface area contributed by atoms with Crippen LogP contribution >= 0.6 is 0 Å².